The number of guanidine groups is 1. The van der Waals surface area contributed by atoms with Gasteiger partial charge in [-0.2, -0.15) is 10.2 Å². The summed E-state index contributed by atoms with van der Waals surface area (Å²) in [6.45, 7) is 9.84. The molecule has 0 aliphatic rings. The number of carbonyl (C=O) groups excluding carboxylic acids is 2. The third-order valence-electron chi connectivity index (χ3n) is 7.84. The van der Waals surface area contributed by atoms with Crippen LogP contribution in [-0.4, -0.2) is 69.6 Å². The van der Waals surface area contributed by atoms with Crippen LogP contribution in [0.15, 0.2) is 63.8 Å². The molecule has 2 aromatic rings. The van der Waals surface area contributed by atoms with Crippen molar-refractivity contribution in [1.29, 1.82) is 0 Å². The van der Waals surface area contributed by atoms with E-state index in [0.717, 1.165) is 57.5 Å². The van der Waals surface area contributed by atoms with Gasteiger partial charge in [0, 0.05) is 44.0 Å². The van der Waals surface area contributed by atoms with Gasteiger partial charge in [0.1, 0.15) is 0 Å². The molecule has 2 rings (SSSR count). The second-order valence-electron chi connectivity index (χ2n) is 11.6. The Balaban J connectivity index is 1.43. The number of hydrogen-bond acceptors (Lipinski definition) is 8. The lowest BCUT2D eigenvalue weighted by Crippen LogP contribution is -2.41. The van der Waals surface area contributed by atoms with Gasteiger partial charge in [-0.05, 0) is 108 Å². The Morgan fingerprint density at radius 3 is 1.83 bits per heavy atom. The maximum absolute atomic E-state index is 12.5. The minimum Gasteiger partial charge on any atom is -0.372 e. The average molecular weight is 651 g/mol. The van der Waals surface area contributed by atoms with Crippen molar-refractivity contribution in [3.8, 4) is 0 Å². The molecule has 0 aliphatic heterocycles. The maximum Gasteiger partial charge on any atom is 0.251 e. The van der Waals surface area contributed by atoms with Crippen LogP contribution in [0.2, 0.25) is 0 Å². The largest absolute Gasteiger partial charge is 0.372 e. The highest BCUT2D eigenvalue weighted by Crippen LogP contribution is 2.22. The highest BCUT2D eigenvalue weighted by atomic mass is 16.2. The van der Waals surface area contributed by atoms with Crippen LogP contribution in [0.1, 0.15) is 88.4 Å². The second-order valence-corrected chi connectivity index (χ2v) is 11.6. The van der Waals surface area contributed by atoms with E-state index in [1.54, 1.807) is 12.1 Å². The molecule has 0 saturated heterocycles. The van der Waals surface area contributed by atoms with Crippen molar-refractivity contribution in [2.45, 2.75) is 84.1 Å². The number of nitrogens with two attached hydrogens (primary N) is 3. The van der Waals surface area contributed by atoms with Gasteiger partial charge in [0.25, 0.3) is 5.91 Å². The molecule has 1 atom stereocenters. The first-order valence-electron chi connectivity index (χ1n) is 17.3. The zero-order valence-electron chi connectivity index (χ0n) is 28.6. The number of rotatable bonds is 25. The maximum atomic E-state index is 12.5. The summed E-state index contributed by atoms with van der Waals surface area (Å²) in [5, 5.41) is 18.0. The first kappa shape index (κ1) is 39.1. The standard InChI is InChI=1S/C35H58N10O2/c1-3-45(4-2)31-21-19-30(20-22-31)44-43-29-17-15-28(16-18-29)33(46)40-25-11-9-7-5-6-8-10-23-39-24-13-27-41-34(47)32(36)14-12-26-42-35(37)38/h15-22,32,39H,3-14,23-27,36H2,1-2H3,(H,40,46)(H,41,47)(H4,37,38,42)/t32-/m0/s1. The van der Waals surface area contributed by atoms with Gasteiger partial charge in [0.05, 0.1) is 17.4 Å². The molecule has 260 valence electrons. The molecule has 0 spiro atoms. The van der Waals surface area contributed by atoms with Crippen LogP contribution in [0, 0.1) is 0 Å². The van der Waals surface area contributed by atoms with Crippen LogP contribution in [0.4, 0.5) is 17.1 Å². The van der Waals surface area contributed by atoms with Gasteiger partial charge in [-0.25, -0.2) is 0 Å². The molecule has 0 saturated carbocycles. The molecule has 12 nitrogen and oxygen atoms in total. The first-order chi connectivity index (χ1) is 22.8. The van der Waals surface area contributed by atoms with Crippen molar-refractivity contribution < 1.29 is 9.59 Å². The van der Waals surface area contributed by atoms with Crippen molar-refractivity contribution >= 4 is 34.8 Å². The molecule has 9 N–H and O–H groups in total. The molecule has 0 unspecified atom stereocenters. The Hall–Kier alpha value is -4.03. The van der Waals surface area contributed by atoms with Crippen LogP contribution < -0.4 is 38.1 Å². The molecule has 47 heavy (non-hydrogen) atoms. The molecule has 2 aromatic carbocycles. The topological polar surface area (TPSA) is 189 Å². The van der Waals surface area contributed by atoms with Crippen molar-refractivity contribution in [3.05, 3.63) is 54.1 Å². The lowest BCUT2D eigenvalue weighted by molar-refractivity contribution is -0.122. The van der Waals surface area contributed by atoms with E-state index in [0.29, 0.717) is 43.7 Å². The van der Waals surface area contributed by atoms with E-state index >= 15 is 0 Å². The zero-order chi connectivity index (χ0) is 34.1. The van der Waals surface area contributed by atoms with Crippen molar-refractivity contribution in [3.63, 3.8) is 0 Å². The summed E-state index contributed by atoms with van der Waals surface area (Å²) < 4.78 is 0. The predicted octanol–water partition coefficient (Wildman–Crippen LogP) is 4.89. The minimum absolute atomic E-state index is 0.0542. The number of benzene rings is 2. The van der Waals surface area contributed by atoms with Gasteiger partial charge in [0.15, 0.2) is 5.96 Å². The van der Waals surface area contributed by atoms with E-state index in [4.69, 9.17) is 17.2 Å². The fourth-order valence-electron chi connectivity index (χ4n) is 5.01. The summed E-state index contributed by atoms with van der Waals surface area (Å²) in [7, 11) is 0. The van der Waals surface area contributed by atoms with E-state index in [1.165, 1.54) is 31.4 Å². The third kappa shape index (κ3) is 17.5. The molecule has 0 heterocycles. The lowest BCUT2D eigenvalue weighted by atomic mass is 10.1. The smallest absolute Gasteiger partial charge is 0.251 e. The number of carbonyl (C=O) groups is 2. The van der Waals surface area contributed by atoms with E-state index in [-0.39, 0.29) is 17.8 Å². The van der Waals surface area contributed by atoms with Gasteiger partial charge in [-0.15, -0.1) is 0 Å². The molecule has 0 aliphatic carbocycles. The Morgan fingerprint density at radius 2 is 1.23 bits per heavy atom. The monoisotopic (exact) mass is 650 g/mol. The normalized spacial score (nSPS) is 11.7. The fraction of sp³-hybridized carbons (Fsp3) is 0.571. The number of amides is 2. The van der Waals surface area contributed by atoms with E-state index < -0.39 is 6.04 Å². The van der Waals surface area contributed by atoms with E-state index in [2.05, 4.69) is 62.1 Å². The Morgan fingerprint density at radius 1 is 0.702 bits per heavy atom. The highest BCUT2D eigenvalue weighted by Gasteiger charge is 2.12. The number of nitrogens with zero attached hydrogens (tertiary/aromatic N) is 4. The summed E-state index contributed by atoms with van der Waals surface area (Å²) in [6.07, 6.45) is 10.1. The van der Waals surface area contributed by atoms with Crippen molar-refractivity contribution in [2.24, 2.45) is 32.4 Å². The number of hydrogen-bond donors (Lipinski definition) is 6. The summed E-state index contributed by atoms with van der Waals surface area (Å²) in [5.41, 5.74) is 19.8. The summed E-state index contributed by atoms with van der Waals surface area (Å²) in [6, 6.07) is 14.7. The average Bonchev–Trinajstić information content (AvgIpc) is 3.08. The Kier molecular flexibility index (Phi) is 20.1. The van der Waals surface area contributed by atoms with Gasteiger partial charge < -0.3 is 38.1 Å². The number of unbranched alkanes of at least 4 members (excludes halogenated alkanes) is 6. The van der Waals surface area contributed by atoms with Gasteiger partial charge >= 0.3 is 0 Å². The molecule has 0 aromatic heterocycles. The van der Waals surface area contributed by atoms with Crippen LogP contribution in [0.5, 0.6) is 0 Å². The molecular weight excluding hydrogens is 592 g/mol. The SMILES string of the molecule is CCN(CC)c1ccc(N=Nc2ccc(C(=O)NCCCCCCCCCNCCCNC(=O)[C@@H](N)CCCN=C(N)N)cc2)cc1. The fourth-order valence-corrected chi connectivity index (χ4v) is 5.01. The minimum atomic E-state index is -0.531. The van der Waals surface area contributed by atoms with E-state index in [9.17, 15) is 9.59 Å². The highest BCUT2D eigenvalue weighted by molar-refractivity contribution is 5.94. The molecule has 2 amide bonds. The Bertz CT molecular complexity index is 1190. The second kappa shape index (κ2) is 24.2. The summed E-state index contributed by atoms with van der Waals surface area (Å²) in [5.74, 6) is -0.135. The van der Waals surface area contributed by atoms with Crippen molar-refractivity contribution in [1.82, 2.24) is 16.0 Å². The quantitative estimate of drug-likeness (QED) is 0.0382. The van der Waals surface area contributed by atoms with Gasteiger partial charge in [0.2, 0.25) is 5.91 Å². The van der Waals surface area contributed by atoms with Crippen LogP contribution >= 0.6 is 0 Å². The van der Waals surface area contributed by atoms with Gasteiger partial charge in [-0.3, -0.25) is 14.6 Å². The van der Waals surface area contributed by atoms with Crippen LogP contribution in [-0.2, 0) is 4.79 Å². The lowest BCUT2D eigenvalue weighted by Gasteiger charge is -2.20. The number of anilines is 1. The predicted molar refractivity (Wildman–Crippen MR) is 194 cm³/mol. The summed E-state index contributed by atoms with van der Waals surface area (Å²) in [4.78, 5) is 30.7. The van der Waals surface area contributed by atoms with Gasteiger partial charge in [-0.1, -0.05) is 32.1 Å². The number of aliphatic imine (C=N–C) groups is 1. The molecule has 0 bridgehead atoms. The van der Waals surface area contributed by atoms with Crippen LogP contribution in [0.25, 0.3) is 0 Å². The van der Waals surface area contributed by atoms with Crippen molar-refractivity contribution in [2.75, 3.05) is 50.7 Å². The molecular formula is C35H58N10O2. The summed E-state index contributed by atoms with van der Waals surface area (Å²) >= 11 is 0. The Labute approximate surface area is 281 Å². The first-order valence-corrected chi connectivity index (χ1v) is 17.3. The zero-order valence-corrected chi connectivity index (χ0v) is 28.6. The number of nitrogens with one attached hydrogen (secondary N) is 3. The molecule has 0 fully saturated rings. The van der Waals surface area contributed by atoms with E-state index in [1.807, 2.05) is 24.3 Å². The van der Waals surface area contributed by atoms with Crippen LogP contribution in [0.3, 0.4) is 0 Å². The molecule has 12 heteroatoms. The molecule has 0 radical (unpaired) electrons. The number of azo groups is 1. The third-order valence-corrected chi connectivity index (χ3v) is 7.84.